The van der Waals surface area contributed by atoms with Gasteiger partial charge in [0.1, 0.15) is 5.01 Å². The van der Waals surface area contributed by atoms with Gasteiger partial charge in [0.05, 0.1) is 11.6 Å². The molecule has 116 valence electrons. The molecule has 0 aliphatic heterocycles. The lowest BCUT2D eigenvalue weighted by atomic mass is 9.84. The molecule has 1 fully saturated rings. The Balaban J connectivity index is 1.62. The molecular formula is C17H20N2O2S. The van der Waals surface area contributed by atoms with Crippen LogP contribution in [0.2, 0.25) is 0 Å². The van der Waals surface area contributed by atoms with E-state index in [1.807, 2.05) is 23.6 Å². The molecule has 4 nitrogen and oxygen atoms in total. The van der Waals surface area contributed by atoms with Gasteiger partial charge in [-0.2, -0.15) is 0 Å². The van der Waals surface area contributed by atoms with Crippen LogP contribution < -0.4 is 5.32 Å². The molecule has 22 heavy (non-hydrogen) atoms. The molecule has 5 heteroatoms. The molecule has 2 atom stereocenters. The number of carbonyl (C=O) groups is 1. The number of benzene rings is 1. The van der Waals surface area contributed by atoms with Gasteiger partial charge in [0.25, 0.3) is 0 Å². The molecule has 0 bridgehead atoms. The van der Waals surface area contributed by atoms with E-state index in [-0.39, 0.29) is 12.0 Å². The quantitative estimate of drug-likeness (QED) is 0.885. The molecule has 1 heterocycles. The fraction of sp³-hybridized carbons (Fsp3) is 0.412. The van der Waals surface area contributed by atoms with Crippen LogP contribution in [-0.4, -0.2) is 22.1 Å². The normalized spacial score (nSPS) is 21.6. The largest absolute Gasteiger partial charge is 0.481 e. The third-order valence-corrected chi connectivity index (χ3v) is 5.14. The first kappa shape index (κ1) is 15.2. The molecule has 0 unspecified atom stereocenters. The number of aliphatic carboxylic acids is 1. The minimum absolute atomic E-state index is 0.0631. The molecule has 0 saturated heterocycles. The summed E-state index contributed by atoms with van der Waals surface area (Å²) in [6.45, 7) is 0.637. The lowest BCUT2D eigenvalue weighted by Crippen LogP contribution is -2.41. The SMILES string of the molecule is O=C(O)[C@@H]1CCCC[C@@H]1NCc1csc(-c2ccccc2)n1. The van der Waals surface area contributed by atoms with Crippen LogP contribution in [0.15, 0.2) is 35.7 Å². The summed E-state index contributed by atoms with van der Waals surface area (Å²) in [5, 5.41) is 15.8. The highest BCUT2D eigenvalue weighted by Crippen LogP contribution is 2.26. The summed E-state index contributed by atoms with van der Waals surface area (Å²) in [6.07, 6.45) is 3.84. The first-order valence-corrected chi connectivity index (χ1v) is 8.58. The minimum Gasteiger partial charge on any atom is -0.481 e. The van der Waals surface area contributed by atoms with Crippen molar-refractivity contribution in [2.75, 3.05) is 0 Å². The molecule has 2 aromatic rings. The van der Waals surface area contributed by atoms with Gasteiger partial charge >= 0.3 is 5.97 Å². The number of nitrogens with one attached hydrogen (secondary N) is 1. The monoisotopic (exact) mass is 316 g/mol. The lowest BCUT2D eigenvalue weighted by molar-refractivity contribution is -0.143. The number of hydrogen-bond acceptors (Lipinski definition) is 4. The number of hydrogen-bond donors (Lipinski definition) is 2. The Bertz CT molecular complexity index is 627. The van der Waals surface area contributed by atoms with Crippen molar-refractivity contribution >= 4 is 17.3 Å². The van der Waals surface area contributed by atoms with Crippen LogP contribution in [0.25, 0.3) is 10.6 Å². The van der Waals surface area contributed by atoms with Crippen molar-refractivity contribution in [3.63, 3.8) is 0 Å². The van der Waals surface area contributed by atoms with Crippen molar-refractivity contribution in [3.05, 3.63) is 41.4 Å². The summed E-state index contributed by atoms with van der Waals surface area (Å²) in [4.78, 5) is 16.0. The molecule has 1 aliphatic carbocycles. The maximum absolute atomic E-state index is 11.3. The van der Waals surface area contributed by atoms with Gasteiger partial charge in [-0.15, -0.1) is 11.3 Å². The first-order valence-electron chi connectivity index (χ1n) is 7.70. The molecule has 1 aromatic carbocycles. The van der Waals surface area contributed by atoms with Crippen LogP contribution in [0.4, 0.5) is 0 Å². The summed E-state index contributed by atoms with van der Waals surface area (Å²) in [7, 11) is 0. The van der Waals surface area contributed by atoms with E-state index in [0.717, 1.165) is 41.9 Å². The van der Waals surface area contributed by atoms with Gasteiger partial charge in [-0.25, -0.2) is 4.98 Å². The minimum atomic E-state index is -0.680. The predicted octanol–water partition coefficient (Wildman–Crippen LogP) is 3.54. The number of carboxylic acid groups (broad SMARTS) is 1. The summed E-state index contributed by atoms with van der Waals surface area (Å²) >= 11 is 1.63. The molecule has 1 aliphatic rings. The molecule has 3 rings (SSSR count). The second kappa shape index (κ2) is 7.03. The average molecular weight is 316 g/mol. The van der Waals surface area contributed by atoms with Crippen molar-refractivity contribution in [2.45, 2.75) is 38.3 Å². The van der Waals surface area contributed by atoms with E-state index in [9.17, 15) is 9.90 Å². The van der Waals surface area contributed by atoms with E-state index >= 15 is 0 Å². The summed E-state index contributed by atoms with van der Waals surface area (Å²) in [5.74, 6) is -0.943. The fourth-order valence-electron chi connectivity index (χ4n) is 3.01. The van der Waals surface area contributed by atoms with Crippen LogP contribution in [0, 0.1) is 5.92 Å². The smallest absolute Gasteiger partial charge is 0.308 e. The summed E-state index contributed by atoms with van der Waals surface area (Å²) in [6, 6.07) is 10.2. The van der Waals surface area contributed by atoms with E-state index in [1.54, 1.807) is 11.3 Å². The first-order chi connectivity index (χ1) is 10.7. The average Bonchev–Trinajstić information content (AvgIpc) is 3.03. The van der Waals surface area contributed by atoms with Crippen molar-refractivity contribution < 1.29 is 9.90 Å². The van der Waals surface area contributed by atoms with Crippen LogP contribution in [-0.2, 0) is 11.3 Å². The summed E-state index contributed by atoms with van der Waals surface area (Å²) < 4.78 is 0. The fourth-order valence-corrected chi connectivity index (χ4v) is 3.83. The topological polar surface area (TPSA) is 62.2 Å². The Morgan fingerprint density at radius 1 is 1.27 bits per heavy atom. The van der Waals surface area contributed by atoms with Crippen molar-refractivity contribution in [1.29, 1.82) is 0 Å². The molecular weight excluding hydrogens is 296 g/mol. The van der Waals surface area contributed by atoms with Crippen molar-refractivity contribution in [3.8, 4) is 10.6 Å². The second-order valence-electron chi connectivity index (χ2n) is 5.73. The van der Waals surface area contributed by atoms with E-state index in [2.05, 4.69) is 22.4 Å². The third kappa shape index (κ3) is 3.54. The highest BCUT2D eigenvalue weighted by molar-refractivity contribution is 7.13. The van der Waals surface area contributed by atoms with Crippen molar-refractivity contribution in [1.82, 2.24) is 10.3 Å². The Hall–Kier alpha value is -1.72. The molecule has 1 aromatic heterocycles. The zero-order valence-electron chi connectivity index (χ0n) is 12.4. The standard InChI is InChI=1S/C17H20N2O2S/c20-17(21)14-8-4-5-9-15(14)18-10-13-11-22-16(19-13)12-6-2-1-3-7-12/h1-3,6-7,11,14-15,18H,4-5,8-10H2,(H,20,21)/t14-,15+/m1/s1. The predicted molar refractivity (Wildman–Crippen MR) is 87.8 cm³/mol. The zero-order valence-corrected chi connectivity index (χ0v) is 13.2. The third-order valence-electron chi connectivity index (χ3n) is 4.20. The lowest BCUT2D eigenvalue weighted by Gasteiger charge is -2.29. The van der Waals surface area contributed by atoms with Crippen molar-refractivity contribution in [2.24, 2.45) is 5.92 Å². The highest BCUT2D eigenvalue weighted by atomic mass is 32.1. The molecule has 0 amide bonds. The van der Waals surface area contributed by atoms with E-state index in [4.69, 9.17) is 0 Å². The van der Waals surface area contributed by atoms with Gasteiger partial charge < -0.3 is 10.4 Å². The van der Waals surface area contributed by atoms with Gasteiger partial charge in [-0.05, 0) is 12.8 Å². The van der Waals surface area contributed by atoms with Crippen LogP contribution >= 0.6 is 11.3 Å². The zero-order chi connectivity index (χ0) is 15.4. The van der Waals surface area contributed by atoms with E-state index in [1.165, 1.54) is 0 Å². The number of aromatic nitrogens is 1. The molecule has 2 N–H and O–H groups in total. The Labute approximate surface area is 134 Å². The Kier molecular flexibility index (Phi) is 4.85. The number of nitrogens with zero attached hydrogens (tertiary/aromatic N) is 1. The van der Waals surface area contributed by atoms with Gasteiger partial charge in [0.15, 0.2) is 0 Å². The van der Waals surface area contributed by atoms with E-state index in [0.29, 0.717) is 6.54 Å². The number of thiazole rings is 1. The number of rotatable bonds is 5. The second-order valence-corrected chi connectivity index (χ2v) is 6.58. The molecule has 0 spiro atoms. The maximum atomic E-state index is 11.3. The van der Waals surface area contributed by atoms with Gasteiger partial charge in [-0.1, -0.05) is 43.2 Å². The Morgan fingerprint density at radius 2 is 2.05 bits per heavy atom. The maximum Gasteiger partial charge on any atom is 0.308 e. The van der Waals surface area contributed by atoms with Gasteiger partial charge in [0, 0.05) is 23.5 Å². The Morgan fingerprint density at radius 3 is 2.82 bits per heavy atom. The summed E-state index contributed by atoms with van der Waals surface area (Å²) in [5.41, 5.74) is 2.11. The highest BCUT2D eigenvalue weighted by Gasteiger charge is 2.30. The number of carboxylic acids is 1. The van der Waals surface area contributed by atoms with Gasteiger partial charge in [-0.3, -0.25) is 4.79 Å². The van der Waals surface area contributed by atoms with Gasteiger partial charge in [0.2, 0.25) is 0 Å². The molecule has 1 saturated carbocycles. The van der Waals surface area contributed by atoms with E-state index < -0.39 is 5.97 Å². The van der Waals surface area contributed by atoms with Crippen LogP contribution in [0.5, 0.6) is 0 Å². The molecule has 0 radical (unpaired) electrons. The van der Waals surface area contributed by atoms with Crippen LogP contribution in [0.1, 0.15) is 31.4 Å². The van der Waals surface area contributed by atoms with Crippen LogP contribution in [0.3, 0.4) is 0 Å².